The van der Waals surface area contributed by atoms with E-state index in [1.54, 1.807) is 14.2 Å². The highest BCUT2D eigenvalue weighted by Crippen LogP contribution is 2.38. The van der Waals surface area contributed by atoms with Gasteiger partial charge in [0.1, 0.15) is 11.5 Å². The molecule has 4 rings (SSSR count). The molecule has 2 heterocycles. The summed E-state index contributed by atoms with van der Waals surface area (Å²) in [6.45, 7) is 8.59. The maximum atomic E-state index is 12.5. The second-order valence-electron chi connectivity index (χ2n) is 8.75. The van der Waals surface area contributed by atoms with Gasteiger partial charge in [-0.05, 0) is 29.7 Å². The smallest absolute Gasteiger partial charge is 0.222 e. The molecule has 0 spiro atoms. The number of anilines is 1. The third kappa shape index (κ3) is 4.85. The van der Waals surface area contributed by atoms with Crippen molar-refractivity contribution in [2.75, 3.05) is 64.9 Å². The monoisotopic (exact) mass is 437 g/mol. The third-order valence-corrected chi connectivity index (χ3v) is 6.92. The van der Waals surface area contributed by atoms with Crippen LogP contribution < -0.4 is 14.4 Å². The lowest BCUT2D eigenvalue weighted by Gasteiger charge is -2.38. The summed E-state index contributed by atoms with van der Waals surface area (Å²) in [5.74, 6) is 2.78. The topological polar surface area (TPSA) is 45.3 Å². The van der Waals surface area contributed by atoms with E-state index in [1.165, 1.54) is 11.3 Å². The maximum Gasteiger partial charge on any atom is 0.222 e. The number of amides is 1. The van der Waals surface area contributed by atoms with E-state index >= 15 is 0 Å². The van der Waals surface area contributed by atoms with E-state index in [0.29, 0.717) is 18.3 Å². The van der Waals surface area contributed by atoms with Gasteiger partial charge in [-0.2, -0.15) is 0 Å². The summed E-state index contributed by atoms with van der Waals surface area (Å²) in [5.41, 5.74) is 2.44. The van der Waals surface area contributed by atoms with Crippen molar-refractivity contribution in [2.24, 2.45) is 5.92 Å². The van der Waals surface area contributed by atoms with Crippen LogP contribution in [0.25, 0.3) is 0 Å². The van der Waals surface area contributed by atoms with Crippen LogP contribution in [0.3, 0.4) is 0 Å². The number of piperazine rings is 1. The number of methoxy groups -OCH3 is 2. The summed E-state index contributed by atoms with van der Waals surface area (Å²) >= 11 is 0. The van der Waals surface area contributed by atoms with Crippen LogP contribution in [0, 0.1) is 5.92 Å². The number of hydrogen-bond acceptors (Lipinski definition) is 5. The number of carbonyl (C=O) groups is 1. The molecule has 2 atom stereocenters. The molecular formula is C26H35N3O3. The van der Waals surface area contributed by atoms with E-state index < -0.39 is 0 Å². The van der Waals surface area contributed by atoms with Gasteiger partial charge in [-0.25, -0.2) is 0 Å². The van der Waals surface area contributed by atoms with E-state index in [1.807, 2.05) is 30.0 Å². The van der Waals surface area contributed by atoms with Gasteiger partial charge >= 0.3 is 0 Å². The van der Waals surface area contributed by atoms with Crippen molar-refractivity contribution >= 4 is 11.6 Å². The minimum Gasteiger partial charge on any atom is -0.497 e. The standard InChI is InChI=1S/C26H35N3O3/c1-4-26(30)29-18-20(24(19-29)23-10-5-6-11-25(23)32-3)17-27-12-14-28(15-13-27)21-8-7-9-22(16-21)31-2/h5-11,16,20,24H,4,12-15,17-19H2,1-3H3. The normalized spacial score (nSPS) is 21.6. The Balaban J connectivity index is 1.44. The maximum absolute atomic E-state index is 12.5. The van der Waals surface area contributed by atoms with Gasteiger partial charge in [-0.1, -0.05) is 31.2 Å². The van der Waals surface area contributed by atoms with E-state index in [0.717, 1.165) is 57.3 Å². The molecule has 2 fully saturated rings. The van der Waals surface area contributed by atoms with Crippen LogP contribution in [0.5, 0.6) is 11.5 Å². The Hall–Kier alpha value is -2.73. The number of hydrogen-bond donors (Lipinski definition) is 0. The molecule has 32 heavy (non-hydrogen) atoms. The first kappa shape index (κ1) is 22.5. The lowest BCUT2D eigenvalue weighted by atomic mass is 9.87. The number of rotatable bonds is 7. The molecule has 0 aromatic heterocycles. The quantitative estimate of drug-likeness (QED) is 0.664. The number of para-hydroxylation sites is 1. The Morgan fingerprint density at radius 2 is 1.75 bits per heavy atom. The van der Waals surface area contributed by atoms with Gasteiger partial charge in [-0.15, -0.1) is 0 Å². The van der Waals surface area contributed by atoms with E-state index in [2.05, 4.69) is 40.1 Å². The van der Waals surface area contributed by atoms with Crippen LogP contribution in [0.4, 0.5) is 5.69 Å². The van der Waals surface area contributed by atoms with Gasteiger partial charge in [0.15, 0.2) is 0 Å². The third-order valence-electron chi connectivity index (χ3n) is 6.92. The number of likely N-dealkylation sites (tertiary alicyclic amines) is 1. The molecule has 2 saturated heterocycles. The van der Waals surface area contributed by atoms with E-state index in [4.69, 9.17) is 9.47 Å². The second kappa shape index (κ2) is 10.3. The summed E-state index contributed by atoms with van der Waals surface area (Å²) in [6.07, 6.45) is 0.560. The summed E-state index contributed by atoms with van der Waals surface area (Å²) in [7, 11) is 3.44. The molecule has 0 N–H and O–H groups in total. The molecule has 2 aliphatic rings. The Morgan fingerprint density at radius 3 is 2.47 bits per heavy atom. The molecule has 2 aromatic carbocycles. The minimum absolute atomic E-state index is 0.246. The predicted octanol–water partition coefficient (Wildman–Crippen LogP) is 3.48. The van der Waals surface area contributed by atoms with Gasteiger partial charge < -0.3 is 19.3 Å². The molecule has 1 amide bonds. The number of ether oxygens (including phenoxy) is 2. The van der Waals surface area contributed by atoms with Gasteiger partial charge in [0.05, 0.1) is 14.2 Å². The lowest BCUT2D eigenvalue weighted by Crippen LogP contribution is -2.48. The lowest BCUT2D eigenvalue weighted by molar-refractivity contribution is -0.130. The highest BCUT2D eigenvalue weighted by molar-refractivity contribution is 5.76. The first-order valence-electron chi connectivity index (χ1n) is 11.6. The average molecular weight is 438 g/mol. The Kier molecular flexibility index (Phi) is 7.20. The van der Waals surface area contributed by atoms with Crippen LogP contribution in [0.2, 0.25) is 0 Å². The largest absolute Gasteiger partial charge is 0.497 e. The highest BCUT2D eigenvalue weighted by Gasteiger charge is 2.38. The summed E-state index contributed by atoms with van der Waals surface area (Å²) < 4.78 is 11.1. The van der Waals surface area contributed by atoms with E-state index in [-0.39, 0.29) is 5.91 Å². The summed E-state index contributed by atoms with van der Waals surface area (Å²) in [6, 6.07) is 16.6. The zero-order valence-electron chi connectivity index (χ0n) is 19.5. The average Bonchev–Trinajstić information content (AvgIpc) is 3.27. The molecule has 2 aliphatic heterocycles. The van der Waals surface area contributed by atoms with Crippen molar-refractivity contribution < 1.29 is 14.3 Å². The summed E-state index contributed by atoms with van der Waals surface area (Å²) in [4.78, 5) is 19.5. The molecule has 0 aliphatic carbocycles. The van der Waals surface area contributed by atoms with Crippen molar-refractivity contribution in [3.63, 3.8) is 0 Å². The Labute approximate surface area is 191 Å². The molecule has 172 valence electrons. The van der Waals surface area contributed by atoms with Crippen LogP contribution >= 0.6 is 0 Å². The summed E-state index contributed by atoms with van der Waals surface area (Å²) in [5, 5.41) is 0. The number of carbonyl (C=O) groups excluding carboxylic acids is 1. The Morgan fingerprint density at radius 1 is 0.969 bits per heavy atom. The molecular weight excluding hydrogens is 402 g/mol. The zero-order valence-corrected chi connectivity index (χ0v) is 19.5. The van der Waals surface area contributed by atoms with Crippen LogP contribution in [0.15, 0.2) is 48.5 Å². The molecule has 0 radical (unpaired) electrons. The molecule has 6 nitrogen and oxygen atoms in total. The van der Waals surface area contributed by atoms with Crippen molar-refractivity contribution in [3.8, 4) is 11.5 Å². The van der Waals surface area contributed by atoms with Crippen molar-refractivity contribution in [1.82, 2.24) is 9.80 Å². The fourth-order valence-electron chi connectivity index (χ4n) is 5.14. The molecule has 2 unspecified atom stereocenters. The number of benzene rings is 2. The predicted molar refractivity (Wildman–Crippen MR) is 128 cm³/mol. The van der Waals surface area contributed by atoms with Crippen LogP contribution in [-0.2, 0) is 4.79 Å². The highest BCUT2D eigenvalue weighted by atomic mass is 16.5. The van der Waals surface area contributed by atoms with Crippen molar-refractivity contribution in [1.29, 1.82) is 0 Å². The van der Waals surface area contributed by atoms with Gasteiger partial charge in [0.2, 0.25) is 5.91 Å². The SMILES string of the molecule is CCC(=O)N1CC(CN2CCN(c3cccc(OC)c3)CC2)C(c2ccccc2OC)C1. The van der Waals surface area contributed by atoms with Crippen molar-refractivity contribution in [3.05, 3.63) is 54.1 Å². The number of nitrogens with zero attached hydrogens (tertiary/aromatic N) is 3. The van der Waals surface area contributed by atoms with Crippen LogP contribution in [-0.4, -0.2) is 75.7 Å². The second-order valence-corrected chi connectivity index (χ2v) is 8.75. The molecule has 6 heteroatoms. The van der Waals surface area contributed by atoms with E-state index in [9.17, 15) is 4.79 Å². The molecule has 0 saturated carbocycles. The molecule has 0 bridgehead atoms. The fourth-order valence-corrected chi connectivity index (χ4v) is 5.14. The zero-order chi connectivity index (χ0) is 22.5. The Bertz CT molecular complexity index is 911. The first-order chi connectivity index (χ1) is 15.6. The minimum atomic E-state index is 0.246. The van der Waals surface area contributed by atoms with Crippen LogP contribution in [0.1, 0.15) is 24.8 Å². The molecule has 2 aromatic rings. The van der Waals surface area contributed by atoms with Gasteiger partial charge in [0, 0.05) is 69.9 Å². The fraction of sp³-hybridized carbons (Fsp3) is 0.500. The van der Waals surface area contributed by atoms with Gasteiger partial charge in [0.25, 0.3) is 0 Å². The first-order valence-corrected chi connectivity index (χ1v) is 11.6. The van der Waals surface area contributed by atoms with Crippen molar-refractivity contribution in [2.45, 2.75) is 19.3 Å². The van der Waals surface area contributed by atoms with Gasteiger partial charge in [-0.3, -0.25) is 9.69 Å².